The van der Waals surface area contributed by atoms with E-state index in [4.69, 9.17) is 0 Å². The zero-order valence-corrected chi connectivity index (χ0v) is 25.9. The third-order valence-electron chi connectivity index (χ3n) is 5.16. The fraction of sp³-hybridized carbons (Fsp3) is 0.286. The molecular weight excluding hydrogens is 527 g/mol. The molecule has 4 heteroatoms. The molecule has 0 fully saturated rings. The van der Waals surface area contributed by atoms with Crippen molar-refractivity contribution in [3.8, 4) is 0 Å². The van der Waals surface area contributed by atoms with Crippen molar-refractivity contribution in [3.63, 3.8) is 0 Å². The number of hydrogen-bond donors (Lipinski definition) is 0. The van der Waals surface area contributed by atoms with Gasteiger partial charge in [0.2, 0.25) is 0 Å². The summed E-state index contributed by atoms with van der Waals surface area (Å²) in [6.07, 6.45) is 2.25. The number of fused-ring (bicyclic) bond motifs is 2. The first-order valence-electron chi connectivity index (χ1n) is 9.99. The van der Waals surface area contributed by atoms with Gasteiger partial charge in [0.05, 0.1) is 0 Å². The molecule has 0 aliphatic carbocycles. The van der Waals surface area contributed by atoms with E-state index in [1.807, 2.05) is 0 Å². The number of hydrogen-bond acceptors (Lipinski definition) is 0. The Bertz CT molecular complexity index is 990. The van der Waals surface area contributed by atoms with Gasteiger partial charge in [0.15, 0.2) is 0 Å². The second-order valence-corrected chi connectivity index (χ2v) is 7.63. The van der Waals surface area contributed by atoms with Gasteiger partial charge in [-0.3, -0.25) is 0 Å². The van der Waals surface area contributed by atoms with Crippen LogP contribution in [0.3, 0.4) is 0 Å². The summed E-state index contributed by atoms with van der Waals surface area (Å²) in [4.78, 5) is 0. The molecule has 0 bridgehead atoms. The predicted molar refractivity (Wildman–Crippen MR) is 150 cm³/mol. The maximum absolute atomic E-state index is 3.06. The first kappa shape index (κ1) is 35.9. The molecule has 4 aromatic rings. The van der Waals surface area contributed by atoms with E-state index in [1.54, 1.807) is 0 Å². The summed E-state index contributed by atoms with van der Waals surface area (Å²) < 4.78 is 0. The van der Waals surface area contributed by atoms with Crippen molar-refractivity contribution in [2.45, 2.75) is 54.4 Å². The summed E-state index contributed by atoms with van der Waals surface area (Å²) >= 11 is 1.36. The van der Waals surface area contributed by atoms with Crippen LogP contribution in [0.25, 0.3) is 21.5 Å². The molecule has 4 aromatic carbocycles. The molecule has 0 aliphatic heterocycles. The van der Waals surface area contributed by atoms with Crippen molar-refractivity contribution in [2.75, 3.05) is 0 Å². The van der Waals surface area contributed by atoms with Crippen LogP contribution in [0.15, 0.2) is 48.5 Å². The van der Waals surface area contributed by atoms with Gasteiger partial charge in [0.25, 0.3) is 0 Å². The van der Waals surface area contributed by atoms with Crippen LogP contribution in [0.4, 0.5) is 0 Å². The minimum atomic E-state index is 0. The Morgan fingerprint density at radius 3 is 1.22 bits per heavy atom. The predicted octanol–water partition coefficient (Wildman–Crippen LogP) is 8.84. The van der Waals surface area contributed by atoms with E-state index >= 15 is 0 Å². The Hall–Kier alpha value is -0.660. The van der Waals surface area contributed by atoms with E-state index in [0.29, 0.717) is 0 Å². The number of halogens is 2. The van der Waals surface area contributed by atoms with Gasteiger partial charge < -0.3 is 14.9 Å². The molecule has 176 valence electrons. The van der Waals surface area contributed by atoms with Gasteiger partial charge in [-0.05, 0) is 26.7 Å². The van der Waals surface area contributed by atoms with Crippen LogP contribution in [0.5, 0.6) is 0 Å². The zero-order chi connectivity index (χ0) is 20.8. The summed E-state index contributed by atoms with van der Waals surface area (Å²) in [5, 5.41) is 5.67. The molecule has 0 atom stereocenters. The van der Waals surface area contributed by atoms with Crippen LogP contribution in [-0.4, -0.2) is 6.88 Å². The topological polar surface area (TPSA) is 0 Å². The van der Waals surface area contributed by atoms with Crippen molar-refractivity contribution in [1.29, 1.82) is 0 Å². The molecule has 0 heterocycles. The van der Waals surface area contributed by atoms with Crippen LogP contribution in [0.1, 0.15) is 47.2 Å². The minimum absolute atomic E-state index is 0. The van der Waals surface area contributed by atoms with E-state index in [9.17, 15) is 0 Å². The molecule has 0 N–H and O–H groups in total. The first-order valence-corrected chi connectivity index (χ1v) is 14.2. The van der Waals surface area contributed by atoms with E-state index in [-0.39, 0.29) is 39.7 Å². The van der Waals surface area contributed by atoms with Gasteiger partial charge in [0, 0.05) is 0 Å². The maximum atomic E-state index is 3.06. The van der Waals surface area contributed by atoms with E-state index in [0.717, 1.165) is 12.8 Å². The van der Waals surface area contributed by atoms with Crippen molar-refractivity contribution < 1.29 is 23.3 Å². The molecular formula is C28H38Cl2SiZr-4. The molecule has 0 amide bonds. The molecule has 4 rings (SSSR count). The summed E-state index contributed by atoms with van der Waals surface area (Å²) in [6.45, 7) is 16.2. The van der Waals surface area contributed by atoms with Crippen LogP contribution < -0.4 is 0 Å². The van der Waals surface area contributed by atoms with E-state index in [1.165, 1.54) is 78.3 Å². The summed E-state index contributed by atoms with van der Waals surface area (Å²) in [5.41, 5.74) is 8.43. The third-order valence-corrected chi connectivity index (χ3v) is 5.16. The Morgan fingerprint density at radius 2 is 0.938 bits per heavy atom. The molecule has 0 saturated heterocycles. The molecule has 0 aromatic heterocycles. The van der Waals surface area contributed by atoms with Gasteiger partial charge in [-0.25, -0.2) is 0 Å². The van der Waals surface area contributed by atoms with Crippen molar-refractivity contribution >= 4 is 53.2 Å². The normalized spacial score (nSPS) is 9.03. The van der Waals surface area contributed by atoms with Crippen molar-refractivity contribution in [1.82, 2.24) is 0 Å². The van der Waals surface area contributed by atoms with Gasteiger partial charge in [-0.1, -0.05) is 62.1 Å². The van der Waals surface area contributed by atoms with Crippen LogP contribution in [-0.2, 0) is 36.2 Å². The van der Waals surface area contributed by atoms with Crippen LogP contribution in [0.2, 0.25) is 0 Å². The zero-order valence-electron chi connectivity index (χ0n) is 20.8. The third kappa shape index (κ3) is 8.94. The van der Waals surface area contributed by atoms with E-state index < -0.39 is 0 Å². The van der Waals surface area contributed by atoms with Crippen LogP contribution in [0, 0.1) is 42.5 Å². The van der Waals surface area contributed by atoms with Crippen molar-refractivity contribution in [3.05, 3.63) is 96.8 Å². The molecule has 0 saturated carbocycles. The standard InChI is InChI=1S/2C13H15.2CH3.2ClH.Si.Zr/c2*1-4-11-5-9(2)6-12-7-10(3)8-13(11)12;;;;;;/h2*5-8H,4H2,1-3H3;2*1H3;2*1H;;/q4*-1;;;;. The first-order chi connectivity index (χ1) is 13.4. The molecule has 0 unspecified atom stereocenters. The van der Waals surface area contributed by atoms with Gasteiger partial charge in [0.1, 0.15) is 0 Å². The van der Waals surface area contributed by atoms with Gasteiger partial charge >= 0.3 is 30.2 Å². The Balaban J connectivity index is -0.000000437. The molecule has 0 spiro atoms. The average Bonchev–Trinajstić information content (AvgIpc) is 3.23. The second-order valence-electron chi connectivity index (χ2n) is 7.63. The van der Waals surface area contributed by atoms with Crippen LogP contribution >= 0.6 is 24.8 Å². The molecule has 32 heavy (non-hydrogen) atoms. The number of rotatable bonds is 2. The Morgan fingerprint density at radius 1 is 0.625 bits per heavy atom. The number of benzene rings is 2. The quantitative estimate of drug-likeness (QED) is 0.169. The molecule has 2 radical (unpaired) electrons. The fourth-order valence-electron chi connectivity index (χ4n) is 4.01. The second kappa shape index (κ2) is 16.9. The van der Waals surface area contributed by atoms with Gasteiger partial charge in [-0.15, -0.1) is 81.8 Å². The fourth-order valence-corrected chi connectivity index (χ4v) is 4.01. The van der Waals surface area contributed by atoms with E-state index in [2.05, 4.69) is 97.0 Å². The monoisotopic (exact) mass is 562 g/mol. The Labute approximate surface area is 226 Å². The summed E-state index contributed by atoms with van der Waals surface area (Å²) in [6, 6.07) is 18.2. The van der Waals surface area contributed by atoms with Crippen molar-refractivity contribution in [2.24, 2.45) is 0 Å². The molecule has 0 nitrogen and oxygen atoms in total. The average molecular weight is 565 g/mol. The molecule has 0 aliphatic rings. The van der Waals surface area contributed by atoms with Gasteiger partial charge in [-0.2, -0.15) is 12.1 Å². The summed E-state index contributed by atoms with van der Waals surface area (Å²) in [7, 11) is 0. The SMILES string of the molecule is CCc1cc(C)cc2[cH-]c(C)cc12.CCc1cc(C)cc2[cH-]c(C)cc12.Cl.Cl.[CH3-].[CH3-].[Si]=[Zr]. The summed E-state index contributed by atoms with van der Waals surface area (Å²) in [5.74, 6) is 0. The Kier molecular flexibility index (Phi) is 18.9. The number of aryl methyl sites for hydroxylation is 6.